The summed E-state index contributed by atoms with van der Waals surface area (Å²) in [6.45, 7) is 0. The first-order valence-electron chi connectivity index (χ1n) is 0.844. The third kappa shape index (κ3) is 2.50. The molecular formula is C2H2ClP. The van der Waals surface area contributed by atoms with E-state index in [9.17, 15) is 0 Å². The van der Waals surface area contributed by atoms with Crippen LogP contribution in [-0.2, 0) is 0 Å². The van der Waals surface area contributed by atoms with Crippen molar-refractivity contribution in [1.82, 2.24) is 0 Å². The second kappa shape index (κ2) is 3.50. The molecule has 0 aromatic rings. The van der Waals surface area contributed by atoms with Gasteiger partial charge in [-0.05, 0) is 0 Å². The monoisotopic (exact) mass is 92.0 g/mol. The van der Waals surface area contributed by atoms with E-state index in [1.807, 2.05) is 0 Å². The molecule has 0 nitrogen and oxygen atoms in total. The number of alkyl halides is 1. The minimum atomic E-state index is 0.406. The van der Waals surface area contributed by atoms with Crippen molar-refractivity contribution in [2.24, 2.45) is 0 Å². The standard InChI is InChI=1S/C2H2ClP/c3-1-2-4/h1H2. The Balaban J connectivity index is 2.43. The van der Waals surface area contributed by atoms with E-state index in [1.54, 1.807) is 0 Å². The average molecular weight is 92.5 g/mol. The summed E-state index contributed by atoms with van der Waals surface area (Å²) in [5, 5.41) is 0. The molecule has 0 bridgehead atoms. The van der Waals surface area contributed by atoms with Crippen molar-refractivity contribution >= 4 is 20.3 Å². The van der Waals surface area contributed by atoms with Crippen LogP contribution < -0.4 is 0 Å². The first-order chi connectivity index (χ1) is 1.91. The van der Waals surface area contributed by atoms with Crippen LogP contribution in [0.2, 0.25) is 0 Å². The van der Waals surface area contributed by atoms with Gasteiger partial charge >= 0.3 is 31.8 Å². The van der Waals surface area contributed by atoms with Crippen LogP contribution in [0.15, 0.2) is 0 Å². The van der Waals surface area contributed by atoms with Crippen molar-refractivity contribution in [3.8, 4) is 5.63 Å². The zero-order valence-corrected chi connectivity index (χ0v) is 3.68. The molecular weight excluding hydrogens is 90.4 g/mol. The summed E-state index contributed by atoms with van der Waals surface area (Å²) in [7, 11) is 3.54. The number of hydrogen-bond acceptors (Lipinski definition) is 0. The van der Waals surface area contributed by atoms with Crippen LogP contribution in [0.1, 0.15) is 0 Å². The van der Waals surface area contributed by atoms with E-state index in [0.29, 0.717) is 5.88 Å². The van der Waals surface area contributed by atoms with Gasteiger partial charge in [-0.1, -0.05) is 0 Å². The molecule has 4 heavy (non-hydrogen) atoms. The second-order valence-corrected chi connectivity index (χ2v) is 0.875. The van der Waals surface area contributed by atoms with Gasteiger partial charge in [-0.2, -0.15) is 0 Å². The van der Waals surface area contributed by atoms with Gasteiger partial charge < -0.3 is 0 Å². The zero-order chi connectivity index (χ0) is 3.41. The van der Waals surface area contributed by atoms with E-state index in [-0.39, 0.29) is 0 Å². The van der Waals surface area contributed by atoms with Gasteiger partial charge in [-0.15, -0.1) is 0 Å². The fraction of sp³-hybridized carbons (Fsp3) is 0.500. The maximum absolute atomic E-state index is 5.00. The molecule has 2 heteroatoms. The van der Waals surface area contributed by atoms with Gasteiger partial charge in [0.2, 0.25) is 0 Å². The second-order valence-electron chi connectivity index (χ2n) is 0.292. The van der Waals surface area contributed by atoms with Crippen LogP contribution in [0.5, 0.6) is 0 Å². The van der Waals surface area contributed by atoms with Crippen LogP contribution in [-0.4, -0.2) is 5.88 Å². The molecule has 0 aliphatic rings. The third-order valence-electron chi connectivity index (χ3n) is 0.0598. The van der Waals surface area contributed by atoms with Crippen LogP contribution in [0.25, 0.3) is 0 Å². The zero-order valence-electron chi connectivity index (χ0n) is 2.03. The van der Waals surface area contributed by atoms with Crippen molar-refractivity contribution in [2.45, 2.75) is 0 Å². The quantitative estimate of drug-likeness (QED) is 0.314. The van der Waals surface area contributed by atoms with Crippen molar-refractivity contribution < 1.29 is 0 Å². The third-order valence-corrected chi connectivity index (χ3v) is 0.538. The summed E-state index contributed by atoms with van der Waals surface area (Å²) in [4.78, 5) is 0. The minimum absolute atomic E-state index is 0.406. The Kier molecular flexibility index (Phi) is 3.94. The van der Waals surface area contributed by atoms with Crippen LogP contribution in [0, 0.1) is 5.63 Å². The Morgan fingerprint density at radius 1 is 2.00 bits per heavy atom. The van der Waals surface area contributed by atoms with E-state index in [1.165, 1.54) is 0 Å². The van der Waals surface area contributed by atoms with Crippen molar-refractivity contribution in [2.75, 3.05) is 5.88 Å². The summed E-state index contributed by atoms with van der Waals surface area (Å²) in [6.07, 6.45) is 0. The SMILES string of the molecule is P#CCCl. The molecule has 0 spiro atoms. The molecule has 0 unspecified atom stereocenters. The van der Waals surface area contributed by atoms with Gasteiger partial charge in [0, 0.05) is 0 Å². The van der Waals surface area contributed by atoms with Gasteiger partial charge in [-0.3, -0.25) is 0 Å². The van der Waals surface area contributed by atoms with Crippen LogP contribution in [0.3, 0.4) is 0 Å². The number of halogens is 1. The Hall–Kier alpha value is 0.500. The molecule has 0 radical (unpaired) electrons. The summed E-state index contributed by atoms with van der Waals surface area (Å²) < 4.78 is 0. The fourth-order valence-electron chi connectivity index (χ4n) is 0. The Bertz CT molecular complexity index is 35.8. The molecule has 22 valence electrons. The summed E-state index contributed by atoms with van der Waals surface area (Å²) in [5.74, 6) is 0.406. The van der Waals surface area contributed by atoms with Gasteiger partial charge in [-0.25, -0.2) is 0 Å². The molecule has 0 aromatic carbocycles. The summed E-state index contributed by atoms with van der Waals surface area (Å²) in [6, 6.07) is 0. The van der Waals surface area contributed by atoms with E-state index in [4.69, 9.17) is 11.6 Å². The molecule has 0 saturated carbocycles. The average Bonchev–Trinajstić information content (AvgIpc) is 1.37. The van der Waals surface area contributed by atoms with E-state index in [2.05, 4.69) is 14.3 Å². The van der Waals surface area contributed by atoms with Gasteiger partial charge in [0.25, 0.3) is 0 Å². The number of hydrogen-bond donors (Lipinski definition) is 0. The normalized spacial score (nSPS) is 5.00. The molecule has 0 atom stereocenters. The van der Waals surface area contributed by atoms with Gasteiger partial charge in [0.1, 0.15) is 0 Å². The topological polar surface area (TPSA) is 0 Å². The van der Waals surface area contributed by atoms with Crippen molar-refractivity contribution in [3.63, 3.8) is 0 Å². The molecule has 0 saturated heterocycles. The Morgan fingerprint density at radius 2 is 2.25 bits per heavy atom. The summed E-state index contributed by atoms with van der Waals surface area (Å²) in [5.41, 5.74) is 2.39. The van der Waals surface area contributed by atoms with E-state index >= 15 is 0 Å². The molecule has 0 rings (SSSR count). The van der Waals surface area contributed by atoms with Gasteiger partial charge in [0.15, 0.2) is 0 Å². The molecule has 0 fully saturated rings. The molecule has 0 aromatic heterocycles. The first-order valence-corrected chi connectivity index (χ1v) is 1.83. The van der Waals surface area contributed by atoms with E-state index in [0.717, 1.165) is 0 Å². The Morgan fingerprint density at radius 3 is 2.25 bits per heavy atom. The molecule has 0 heterocycles. The van der Waals surface area contributed by atoms with Crippen molar-refractivity contribution in [1.29, 1.82) is 0 Å². The fourth-order valence-corrected chi connectivity index (χ4v) is 0. The van der Waals surface area contributed by atoms with Gasteiger partial charge in [0.05, 0.1) is 0 Å². The molecule has 0 N–H and O–H groups in total. The van der Waals surface area contributed by atoms with Crippen LogP contribution >= 0.6 is 20.3 Å². The maximum atomic E-state index is 5.00. The van der Waals surface area contributed by atoms with Crippen molar-refractivity contribution in [3.05, 3.63) is 0 Å². The van der Waals surface area contributed by atoms with Crippen LogP contribution in [0.4, 0.5) is 0 Å². The summed E-state index contributed by atoms with van der Waals surface area (Å²) >= 11 is 5.00. The van der Waals surface area contributed by atoms with E-state index < -0.39 is 0 Å². The molecule has 0 amide bonds. The molecule has 0 aliphatic carbocycles. The Labute approximate surface area is 32.7 Å². The molecule has 0 aliphatic heterocycles. The predicted molar refractivity (Wildman–Crippen MR) is 21.5 cm³/mol. The predicted octanol–water partition coefficient (Wildman–Crippen LogP) is 1.59. The first kappa shape index (κ1) is 4.50. The number of rotatable bonds is 0.